The van der Waals surface area contributed by atoms with Crippen LogP contribution < -0.4 is 0 Å². The van der Waals surface area contributed by atoms with Crippen LogP contribution in [0.5, 0.6) is 0 Å². The molecule has 0 atom stereocenters. The molecule has 5 heteroatoms. The average molecular weight is 680 g/mol. The first-order valence-electron chi connectivity index (χ1n) is 9.96. The van der Waals surface area contributed by atoms with Gasteiger partial charge in [0, 0.05) is 0 Å². The van der Waals surface area contributed by atoms with Crippen LogP contribution in [0.15, 0.2) is 121 Å². The third kappa shape index (κ3) is 8.03. The molecule has 0 N–H and O–H groups in total. The molecule has 4 rings (SSSR count). The Morgan fingerprint density at radius 1 is 0.303 bits per heavy atom. The summed E-state index contributed by atoms with van der Waals surface area (Å²) in [6.07, 6.45) is 0. The predicted octanol–water partition coefficient (Wildman–Crippen LogP) is 7.21. The van der Waals surface area contributed by atoms with Crippen LogP contribution in [-0.2, 0) is 71.6 Å². The maximum absolute atomic E-state index is 5.38. The Morgan fingerprint density at radius 2 is 0.455 bits per heavy atom. The summed E-state index contributed by atoms with van der Waals surface area (Å²) in [6.45, 7) is 0. The smallest absolute Gasteiger partial charge is 0.781 e. The maximum atomic E-state index is 5.38. The van der Waals surface area contributed by atoms with Crippen molar-refractivity contribution in [3.8, 4) is 0 Å². The van der Waals surface area contributed by atoms with Crippen molar-refractivity contribution in [3.05, 3.63) is 144 Å². The van der Waals surface area contributed by atoms with Crippen LogP contribution in [0.4, 0.5) is 0 Å². The van der Waals surface area contributed by atoms with Crippen molar-refractivity contribution in [2.24, 2.45) is 0 Å². The fourth-order valence-corrected chi connectivity index (χ4v) is 3.90. The van der Waals surface area contributed by atoms with Gasteiger partial charge in [0.2, 0.25) is 0 Å². The Labute approximate surface area is 233 Å². The van der Waals surface area contributed by atoms with Gasteiger partial charge >= 0.3 is 21.1 Å². The molecule has 0 unspecified atom stereocenters. The summed E-state index contributed by atoms with van der Waals surface area (Å²) in [4.78, 5) is 2.95. The van der Waals surface area contributed by atoms with Crippen molar-refractivity contribution < 1.29 is 21.1 Å². The van der Waals surface area contributed by atoms with Crippen molar-refractivity contribution in [2.75, 3.05) is 0 Å². The number of rotatable bonds is 4. The van der Waals surface area contributed by atoms with Crippen LogP contribution in [0.3, 0.4) is 0 Å². The van der Waals surface area contributed by atoms with E-state index in [0.717, 1.165) is 41.9 Å². The molecule has 0 aliphatic rings. The molecule has 4 aromatic carbocycles. The standard InChI is InChI=1S/2C14H12S2.Pt/c2*15-13(11-7-3-1-4-8-11)14(16)12-9-5-2-6-10-12;/h2*1-10,15-16H;/q;;+4/p-4. The fraction of sp³-hybridized carbons (Fsp3) is 0. The van der Waals surface area contributed by atoms with E-state index in [0.29, 0.717) is 0 Å². The van der Waals surface area contributed by atoms with Crippen molar-refractivity contribution in [3.63, 3.8) is 0 Å². The summed E-state index contributed by atoms with van der Waals surface area (Å²) in [5.74, 6) is 0. The third-order valence-corrected chi connectivity index (χ3v) is 6.57. The van der Waals surface area contributed by atoms with Gasteiger partial charge in [-0.2, -0.15) is 19.6 Å². The molecule has 0 aliphatic carbocycles. The Kier molecular flexibility index (Phi) is 11.7. The van der Waals surface area contributed by atoms with Gasteiger partial charge in [-0.25, -0.2) is 0 Å². The molecule has 166 valence electrons. The molecule has 0 aliphatic heterocycles. The molecule has 0 spiro atoms. The van der Waals surface area contributed by atoms with E-state index in [4.69, 9.17) is 50.5 Å². The molecule has 0 saturated heterocycles. The zero-order valence-corrected chi connectivity index (χ0v) is 23.0. The van der Waals surface area contributed by atoms with Crippen LogP contribution >= 0.6 is 0 Å². The summed E-state index contributed by atoms with van der Waals surface area (Å²) in [7, 11) is 0. The number of hydrogen-bond donors (Lipinski definition) is 0. The van der Waals surface area contributed by atoms with Gasteiger partial charge in [-0.1, -0.05) is 121 Å². The van der Waals surface area contributed by atoms with Crippen molar-refractivity contribution >= 4 is 70.1 Å². The first kappa shape index (κ1) is 27.2. The predicted molar refractivity (Wildman–Crippen MR) is 149 cm³/mol. The van der Waals surface area contributed by atoms with E-state index in [1.807, 2.05) is 121 Å². The minimum Gasteiger partial charge on any atom is -0.781 e. The second-order valence-electron chi connectivity index (χ2n) is 6.78. The zero-order chi connectivity index (χ0) is 22.8. The van der Waals surface area contributed by atoms with Gasteiger partial charge in [-0.05, 0) is 22.3 Å². The monoisotopic (exact) mass is 679 g/mol. The minimum atomic E-state index is 0. The Balaban J connectivity index is 0.000000227. The van der Waals surface area contributed by atoms with E-state index < -0.39 is 0 Å². The molecule has 0 saturated carbocycles. The molecular formula is C28H20PtS4. The van der Waals surface area contributed by atoms with Crippen LogP contribution in [0, 0.1) is 0 Å². The summed E-state index contributed by atoms with van der Waals surface area (Å²) in [6, 6.07) is 39.5. The molecular weight excluding hydrogens is 660 g/mol. The van der Waals surface area contributed by atoms with Crippen LogP contribution in [-0.4, -0.2) is 0 Å². The van der Waals surface area contributed by atoms with Gasteiger partial charge in [0.05, 0.1) is 0 Å². The average Bonchev–Trinajstić information content (AvgIpc) is 2.89. The van der Waals surface area contributed by atoms with Gasteiger partial charge in [-0.3, -0.25) is 0 Å². The van der Waals surface area contributed by atoms with E-state index >= 15 is 0 Å². The first-order chi connectivity index (χ1) is 15.6. The van der Waals surface area contributed by atoms with Crippen LogP contribution in [0.25, 0.3) is 19.6 Å². The SMILES string of the molecule is [Pt+4].[S-]C(=C([S-])c1ccccc1)c1ccccc1.[S-]C(=C([S-])c1ccccc1)c1ccccc1. The van der Waals surface area contributed by atoms with Crippen LogP contribution in [0.2, 0.25) is 0 Å². The van der Waals surface area contributed by atoms with Crippen molar-refractivity contribution in [2.45, 2.75) is 0 Å². The molecule has 0 bridgehead atoms. The van der Waals surface area contributed by atoms with Gasteiger partial charge in [0.25, 0.3) is 0 Å². The number of benzene rings is 4. The Bertz CT molecular complexity index is 982. The molecule has 0 radical (unpaired) electrons. The first-order valence-corrected chi connectivity index (χ1v) is 11.6. The van der Waals surface area contributed by atoms with Crippen molar-refractivity contribution in [1.29, 1.82) is 0 Å². The van der Waals surface area contributed by atoms with Gasteiger partial charge in [-0.15, -0.1) is 0 Å². The molecule has 0 aromatic heterocycles. The van der Waals surface area contributed by atoms with E-state index in [-0.39, 0.29) is 21.1 Å². The summed E-state index contributed by atoms with van der Waals surface area (Å²) in [5, 5.41) is 0. The maximum Gasteiger partial charge on any atom is 4.00 e. The molecule has 0 fully saturated rings. The zero-order valence-electron chi connectivity index (χ0n) is 17.5. The summed E-state index contributed by atoms with van der Waals surface area (Å²) >= 11 is 21.5. The topological polar surface area (TPSA) is 0 Å². The third-order valence-electron chi connectivity index (χ3n) is 4.56. The van der Waals surface area contributed by atoms with Gasteiger partial charge in [0.1, 0.15) is 0 Å². The largest absolute Gasteiger partial charge is 4.00 e. The van der Waals surface area contributed by atoms with E-state index in [9.17, 15) is 0 Å². The molecule has 33 heavy (non-hydrogen) atoms. The Hall–Kier alpha value is -2.07. The van der Waals surface area contributed by atoms with E-state index in [2.05, 4.69) is 0 Å². The summed E-state index contributed by atoms with van der Waals surface area (Å²) < 4.78 is 0. The van der Waals surface area contributed by atoms with Gasteiger partial charge in [0.15, 0.2) is 0 Å². The minimum absolute atomic E-state index is 0. The summed E-state index contributed by atoms with van der Waals surface area (Å²) in [5.41, 5.74) is 4.02. The normalized spacial score (nSPS) is 11.6. The van der Waals surface area contributed by atoms with E-state index in [1.165, 1.54) is 0 Å². The second kappa shape index (κ2) is 14.2. The van der Waals surface area contributed by atoms with Gasteiger partial charge < -0.3 is 50.5 Å². The number of hydrogen-bond acceptors (Lipinski definition) is 4. The second-order valence-corrected chi connectivity index (χ2v) is 8.41. The fourth-order valence-electron chi connectivity index (χ4n) is 2.88. The quantitative estimate of drug-likeness (QED) is 0.165. The van der Waals surface area contributed by atoms with Crippen molar-refractivity contribution in [1.82, 2.24) is 0 Å². The molecule has 0 nitrogen and oxygen atoms in total. The molecule has 4 aromatic rings. The molecule has 0 amide bonds. The Morgan fingerprint density at radius 3 is 0.606 bits per heavy atom. The van der Waals surface area contributed by atoms with E-state index in [1.54, 1.807) is 0 Å². The van der Waals surface area contributed by atoms with Crippen LogP contribution in [0.1, 0.15) is 22.3 Å². The molecule has 0 heterocycles.